The van der Waals surface area contributed by atoms with Crippen LogP contribution in [0.25, 0.3) is 11.1 Å². The molecule has 0 aliphatic heterocycles. The first-order valence-electron chi connectivity index (χ1n) is 9.09. The molecule has 1 aromatic heterocycles. The molecule has 0 radical (unpaired) electrons. The molecular weight excluding hydrogens is 349 g/mol. The van der Waals surface area contributed by atoms with Crippen molar-refractivity contribution in [3.8, 4) is 11.1 Å². The number of aliphatic hydroxyl groups excluding tert-OH is 1. The van der Waals surface area contributed by atoms with Crippen molar-refractivity contribution in [2.45, 2.75) is 53.2 Å². The highest BCUT2D eigenvalue weighted by Gasteiger charge is 2.29. The van der Waals surface area contributed by atoms with E-state index in [1.807, 2.05) is 27.7 Å². The maximum atomic E-state index is 13.4. The molecule has 0 bridgehead atoms. The Bertz CT molecular complexity index is 883. The Kier molecular flexibility index (Phi) is 6.54. The fourth-order valence-corrected chi connectivity index (χ4v) is 3.33. The molecule has 0 atom stereocenters. The molecule has 1 aromatic carbocycles. The predicted molar refractivity (Wildman–Crippen MR) is 102 cm³/mol. The summed E-state index contributed by atoms with van der Waals surface area (Å²) in [5.74, 6) is -1.14. The number of aliphatic hydroxyl groups is 1. The van der Waals surface area contributed by atoms with Gasteiger partial charge in [0, 0.05) is 17.3 Å². The third kappa shape index (κ3) is 3.95. The largest absolute Gasteiger partial charge is 0.462 e. The van der Waals surface area contributed by atoms with Crippen LogP contribution in [0, 0.1) is 5.82 Å². The number of hydrogen-bond donors (Lipinski definition) is 1. The van der Waals surface area contributed by atoms with Crippen LogP contribution in [0.1, 0.15) is 68.2 Å². The topological polar surface area (TPSA) is 68.5 Å². The summed E-state index contributed by atoms with van der Waals surface area (Å²) in [6.07, 6.45) is 0. The van der Waals surface area contributed by atoms with Crippen molar-refractivity contribution in [2.24, 2.45) is 0 Å². The van der Waals surface area contributed by atoms with Gasteiger partial charge < -0.3 is 14.4 Å². The molecule has 2 rings (SSSR count). The minimum atomic E-state index is -0.565. The Morgan fingerprint density at radius 1 is 1.19 bits per heavy atom. The average Bonchev–Trinajstić information content (AvgIpc) is 2.60. The van der Waals surface area contributed by atoms with Crippen molar-refractivity contribution in [1.82, 2.24) is 4.57 Å². The molecule has 1 heterocycles. The van der Waals surface area contributed by atoms with Gasteiger partial charge in [0.1, 0.15) is 5.82 Å². The molecule has 0 unspecified atom stereocenters. The number of carbonyl (C=O) groups excluding carboxylic acids is 1. The van der Waals surface area contributed by atoms with E-state index in [4.69, 9.17) is 4.74 Å². The highest BCUT2D eigenvalue weighted by Crippen LogP contribution is 2.34. The Morgan fingerprint density at radius 3 is 2.22 bits per heavy atom. The number of esters is 1. The predicted octanol–water partition coefficient (Wildman–Crippen LogP) is 4.03. The van der Waals surface area contributed by atoms with E-state index in [1.54, 1.807) is 6.92 Å². The molecule has 0 saturated carbocycles. The van der Waals surface area contributed by atoms with Crippen LogP contribution in [0.3, 0.4) is 0 Å². The van der Waals surface area contributed by atoms with E-state index in [0.29, 0.717) is 16.8 Å². The molecule has 2 aromatic rings. The second kappa shape index (κ2) is 8.48. The Labute approximate surface area is 158 Å². The van der Waals surface area contributed by atoms with Crippen LogP contribution in [0.2, 0.25) is 0 Å². The number of hydrogen-bond acceptors (Lipinski definition) is 4. The minimum Gasteiger partial charge on any atom is -0.462 e. The van der Waals surface area contributed by atoms with Crippen LogP contribution in [-0.4, -0.2) is 22.2 Å². The molecule has 0 aliphatic rings. The summed E-state index contributed by atoms with van der Waals surface area (Å²) in [5.41, 5.74) is 1.33. The van der Waals surface area contributed by atoms with Gasteiger partial charge in [0.2, 0.25) is 0 Å². The Hall–Kier alpha value is -2.47. The van der Waals surface area contributed by atoms with Crippen molar-refractivity contribution < 1.29 is 19.0 Å². The van der Waals surface area contributed by atoms with Crippen molar-refractivity contribution in [3.05, 3.63) is 57.3 Å². The summed E-state index contributed by atoms with van der Waals surface area (Å²) >= 11 is 0. The van der Waals surface area contributed by atoms with Gasteiger partial charge in [0.15, 0.2) is 0 Å². The molecule has 0 fully saturated rings. The maximum Gasteiger partial charge on any atom is 0.340 e. The van der Waals surface area contributed by atoms with Gasteiger partial charge in [-0.3, -0.25) is 4.79 Å². The molecule has 0 saturated heterocycles. The molecule has 1 N–H and O–H groups in total. The summed E-state index contributed by atoms with van der Waals surface area (Å²) in [4.78, 5) is 26.0. The normalized spacial score (nSPS) is 11.3. The van der Waals surface area contributed by atoms with Gasteiger partial charge in [-0.1, -0.05) is 26.0 Å². The number of halogens is 1. The molecule has 0 aliphatic carbocycles. The molecule has 0 spiro atoms. The second-order valence-electron chi connectivity index (χ2n) is 6.92. The molecule has 6 heteroatoms. The smallest absolute Gasteiger partial charge is 0.340 e. The van der Waals surface area contributed by atoms with Crippen LogP contribution in [-0.2, 0) is 11.3 Å². The van der Waals surface area contributed by atoms with Gasteiger partial charge in [-0.25, -0.2) is 9.18 Å². The summed E-state index contributed by atoms with van der Waals surface area (Å²) in [7, 11) is 0. The first-order chi connectivity index (χ1) is 12.7. The number of aromatic nitrogens is 1. The van der Waals surface area contributed by atoms with E-state index < -0.39 is 18.4 Å². The van der Waals surface area contributed by atoms with Gasteiger partial charge in [0.05, 0.1) is 24.3 Å². The van der Waals surface area contributed by atoms with Crippen LogP contribution in [0.4, 0.5) is 4.39 Å². The van der Waals surface area contributed by atoms with Crippen LogP contribution < -0.4 is 5.56 Å². The first-order valence-corrected chi connectivity index (χ1v) is 9.09. The van der Waals surface area contributed by atoms with Crippen LogP contribution in [0.5, 0.6) is 0 Å². The molecule has 0 amide bonds. The third-order valence-corrected chi connectivity index (χ3v) is 4.38. The van der Waals surface area contributed by atoms with Crippen molar-refractivity contribution >= 4 is 5.97 Å². The van der Waals surface area contributed by atoms with Gasteiger partial charge in [-0.05, 0) is 44.4 Å². The summed E-state index contributed by atoms with van der Waals surface area (Å²) < 4.78 is 20.2. The zero-order valence-electron chi connectivity index (χ0n) is 16.4. The molecule has 5 nitrogen and oxygen atoms in total. The van der Waals surface area contributed by atoms with Crippen molar-refractivity contribution in [1.29, 1.82) is 0 Å². The quantitative estimate of drug-likeness (QED) is 0.774. The Morgan fingerprint density at radius 2 is 1.78 bits per heavy atom. The van der Waals surface area contributed by atoms with Crippen molar-refractivity contribution in [3.63, 3.8) is 0 Å². The number of carbonyl (C=O) groups is 1. The van der Waals surface area contributed by atoms with E-state index in [1.165, 1.54) is 28.8 Å². The number of pyridine rings is 1. The second-order valence-corrected chi connectivity index (χ2v) is 6.92. The van der Waals surface area contributed by atoms with E-state index >= 15 is 0 Å². The van der Waals surface area contributed by atoms with Gasteiger partial charge >= 0.3 is 5.97 Å². The lowest BCUT2D eigenvalue weighted by atomic mass is 9.90. The average molecular weight is 375 g/mol. The lowest BCUT2D eigenvalue weighted by molar-refractivity contribution is 0.0523. The Balaban J connectivity index is 3.06. The molecule has 146 valence electrons. The van der Waals surface area contributed by atoms with Gasteiger partial charge in [-0.2, -0.15) is 0 Å². The zero-order chi connectivity index (χ0) is 20.3. The number of benzene rings is 1. The molecular formula is C21H26FNO4. The SMILES string of the molecule is CCOC(=O)c1c(-c2ccc(F)cc2)c(CO)c(=O)n(C(C)C)c1C(C)C. The maximum absolute atomic E-state index is 13.4. The molecule has 27 heavy (non-hydrogen) atoms. The van der Waals surface area contributed by atoms with E-state index in [-0.39, 0.29) is 35.3 Å². The summed E-state index contributed by atoms with van der Waals surface area (Å²) in [6, 6.07) is 5.30. The number of nitrogens with zero attached hydrogens (tertiary/aromatic N) is 1. The summed E-state index contributed by atoms with van der Waals surface area (Å²) in [6.45, 7) is 8.82. The van der Waals surface area contributed by atoms with Crippen molar-refractivity contribution in [2.75, 3.05) is 6.61 Å². The highest BCUT2D eigenvalue weighted by molar-refractivity contribution is 5.99. The number of rotatable bonds is 6. The van der Waals surface area contributed by atoms with Crippen LogP contribution in [0.15, 0.2) is 29.1 Å². The highest BCUT2D eigenvalue weighted by atomic mass is 19.1. The van der Waals surface area contributed by atoms with E-state index in [2.05, 4.69) is 0 Å². The van der Waals surface area contributed by atoms with E-state index in [0.717, 1.165) is 0 Å². The fraction of sp³-hybridized carbons (Fsp3) is 0.429. The first kappa shape index (κ1) is 20.8. The number of ether oxygens (including phenoxy) is 1. The lowest BCUT2D eigenvalue weighted by Crippen LogP contribution is -2.33. The lowest BCUT2D eigenvalue weighted by Gasteiger charge is -2.26. The fourth-order valence-electron chi connectivity index (χ4n) is 3.33. The van der Waals surface area contributed by atoms with E-state index in [9.17, 15) is 19.1 Å². The summed E-state index contributed by atoms with van der Waals surface area (Å²) in [5, 5.41) is 9.95. The van der Waals surface area contributed by atoms with Gasteiger partial charge in [-0.15, -0.1) is 0 Å². The monoisotopic (exact) mass is 375 g/mol. The minimum absolute atomic E-state index is 0.0998. The van der Waals surface area contributed by atoms with Crippen LogP contribution >= 0.6 is 0 Å². The van der Waals surface area contributed by atoms with Gasteiger partial charge in [0.25, 0.3) is 5.56 Å². The third-order valence-electron chi connectivity index (χ3n) is 4.38. The zero-order valence-corrected chi connectivity index (χ0v) is 16.4. The standard InChI is InChI=1S/C21H26FNO4/c1-6-27-21(26)18-17(14-7-9-15(22)10-8-14)16(11-24)20(25)23(13(4)5)19(18)12(2)3/h7-10,12-13,24H,6,11H2,1-5H3.